The van der Waals surface area contributed by atoms with E-state index in [1.807, 2.05) is 4.57 Å². The predicted molar refractivity (Wildman–Crippen MR) is 50.1 cm³/mol. The summed E-state index contributed by atoms with van der Waals surface area (Å²) in [6.07, 6.45) is 4.31. The third kappa shape index (κ3) is 1.37. The molecule has 1 N–H and O–H groups in total. The van der Waals surface area contributed by atoms with Gasteiger partial charge < -0.3 is 9.67 Å². The predicted octanol–water partition coefficient (Wildman–Crippen LogP) is 1.59. The van der Waals surface area contributed by atoms with Gasteiger partial charge in [-0.3, -0.25) is 0 Å². The van der Waals surface area contributed by atoms with Gasteiger partial charge in [-0.05, 0) is 18.3 Å². The number of aliphatic hydroxyl groups excluding tert-OH is 1. The first-order valence-electron chi connectivity index (χ1n) is 4.88. The van der Waals surface area contributed by atoms with Gasteiger partial charge in [-0.25, -0.2) is 4.98 Å². The van der Waals surface area contributed by atoms with E-state index < -0.39 is 0 Å². The van der Waals surface area contributed by atoms with Gasteiger partial charge in [0.15, 0.2) is 0 Å². The molecule has 1 aromatic rings. The standard InChI is InChI=1S/C10H16N2O/c1-7(2)8-3-4-12-6-11-5-9(12)10(8)13/h5-8,10,13H,3-4H2,1-2H3. The van der Waals surface area contributed by atoms with E-state index in [2.05, 4.69) is 18.8 Å². The van der Waals surface area contributed by atoms with Crippen LogP contribution in [0.4, 0.5) is 0 Å². The van der Waals surface area contributed by atoms with Crippen molar-refractivity contribution in [3.05, 3.63) is 18.2 Å². The lowest BCUT2D eigenvalue weighted by Crippen LogP contribution is -2.27. The third-order valence-corrected chi connectivity index (χ3v) is 3.01. The van der Waals surface area contributed by atoms with Crippen molar-refractivity contribution in [3.63, 3.8) is 0 Å². The van der Waals surface area contributed by atoms with Crippen LogP contribution in [0.1, 0.15) is 32.1 Å². The van der Waals surface area contributed by atoms with E-state index in [1.54, 1.807) is 12.5 Å². The molecule has 0 saturated carbocycles. The van der Waals surface area contributed by atoms with E-state index in [4.69, 9.17) is 0 Å². The highest BCUT2D eigenvalue weighted by atomic mass is 16.3. The number of nitrogens with zero attached hydrogens (tertiary/aromatic N) is 2. The summed E-state index contributed by atoms with van der Waals surface area (Å²) in [4.78, 5) is 4.05. The molecule has 0 aromatic carbocycles. The fourth-order valence-electron chi connectivity index (χ4n) is 2.13. The van der Waals surface area contributed by atoms with Gasteiger partial charge in [-0.1, -0.05) is 13.8 Å². The van der Waals surface area contributed by atoms with Gasteiger partial charge in [0.25, 0.3) is 0 Å². The Kier molecular flexibility index (Phi) is 2.12. The molecular weight excluding hydrogens is 164 g/mol. The lowest BCUT2D eigenvalue weighted by molar-refractivity contribution is 0.0506. The molecule has 72 valence electrons. The molecule has 0 saturated heterocycles. The minimum Gasteiger partial charge on any atom is -0.387 e. The molecule has 2 rings (SSSR count). The molecule has 3 nitrogen and oxygen atoms in total. The van der Waals surface area contributed by atoms with Crippen molar-refractivity contribution in [1.82, 2.24) is 9.55 Å². The summed E-state index contributed by atoms with van der Waals surface area (Å²) in [6, 6.07) is 0. The van der Waals surface area contributed by atoms with Gasteiger partial charge in [0.2, 0.25) is 0 Å². The number of hydrogen-bond acceptors (Lipinski definition) is 2. The Hall–Kier alpha value is -0.830. The Morgan fingerprint density at radius 3 is 3.08 bits per heavy atom. The largest absolute Gasteiger partial charge is 0.387 e. The van der Waals surface area contributed by atoms with Crippen molar-refractivity contribution in [3.8, 4) is 0 Å². The van der Waals surface area contributed by atoms with Crippen LogP contribution in [0.2, 0.25) is 0 Å². The van der Waals surface area contributed by atoms with Crippen molar-refractivity contribution in [2.24, 2.45) is 11.8 Å². The van der Waals surface area contributed by atoms with Crippen molar-refractivity contribution >= 4 is 0 Å². The molecule has 0 bridgehead atoms. The van der Waals surface area contributed by atoms with Gasteiger partial charge in [0.1, 0.15) is 0 Å². The second-order valence-electron chi connectivity index (χ2n) is 4.15. The second-order valence-corrected chi connectivity index (χ2v) is 4.15. The maximum Gasteiger partial charge on any atom is 0.0986 e. The Balaban J connectivity index is 2.27. The fourth-order valence-corrected chi connectivity index (χ4v) is 2.13. The van der Waals surface area contributed by atoms with Crippen LogP contribution < -0.4 is 0 Å². The van der Waals surface area contributed by atoms with Gasteiger partial charge in [0.05, 0.1) is 24.3 Å². The zero-order valence-corrected chi connectivity index (χ0v) is 8.14. The molecule has 13 heavy (non-hydrogen) atoms. The van der Waals surface area contributed by atoms with Crippen molar-refractivity contribution in [2.75, 3.05) is 0 Å². The number of imidazole rings is 1. The Bertz CT molecular complexity index is 293. The first kappa shape index (κ1) is 8.75. The van der Waals surface area contributed by atoms with Crippen LogP contribution in [0.3, 0.4) is 0 Å². The smallest absolute Gasteiger partial charge is 0.0986 e. The molecule has 1 aliphatic rings. The Labute approximate surface area is 78.4 Å². The average molecular weight is 180 g/mol. The molecule has 0 radical (unpaired) electrons. The van der Waals surface area contributed by atoms with Gasteiger partial charge in [0, 0.05) is 6.54 Å². The van der Waals surface area contributed by atoms with E-state index in [-0.39, 0.29) is 6.10 Å². The Morgan fingerprint density at radius 2 is 2.38 bits per heavy atom. The quantitative estimate of drug-likeness (QED) is 0.712. The number of aliphatic hydroxyl groups is 1. The second kappa shape index (κ2) is 3.14. The summed E-state index contributed by atoms with van der Waals surface area (Å²) >= 11 is 0. The van der Waals surface area contributed by atoms with Crippen LogP contribution in [0.25, 0.3) is 0 Å². The molecule has 2 unspecified atom stereocenters. The normalized spacial score (nSPS) is 27.7. The maximum atomic E-state index is 10.0. The number of hydrogen-bond donors (Lipinski definition) is 1. The molecule has 0 spiro atoms. The molecule has 0 amide bonds. The fraction of sp³-hybridized carbons (Fsp3) is 0.700. The molecule has 2 heterocycles. The van der Waals surface area contributed by atoms with Crippen LogP contribution >= 0.6 is 0 Å². The van der Waals surface area contributed by atoms with Gasteiger partial charge in [-0.2, -0.15) is 0 Å². The van der Waals surface area contributed by atoms with Crippen LogP contribution in [-0.4, -0.2) is 14.7 Å². The molecule has 0 aliphatic carbocycles. The van der Waals surface area contributed by atoms with Gasteiger partial charge in [-0.15, -0.1) is 0 Å². The summed E-state index contributed by atoms with van der Waals surface area (Å²) in [6.45, 7) is 5.33. The van der Waals surface area contributed by atoms with E-state index in [1.165, 1.54) is 0 Å². The first-order valence-corrected chi connectivity index (χ1v) is 4.88. The number of fused-ring (bicyclic) bond motifs is 1. The number of rotatable bonds is 1. The van der Waals surface area contributed by atoms with E-state index in [0.717, 1.165) is 18.7 Å². The Morgan fingerprint density at radius 1 is 1.62 bits per heavy atom. The number of aromatic nitrogens is 2. The highest BCUT2D eigenvalue weighted by Gasteiger charge is 2.30. The lowest BCUT2D eigenvalue weighted by Gasteiger charge is -2.31. The monoisotopic (exact) mass is 180 g/mol. The van der Waals surface area contributed by atoms with E-state index >= 15 is 0 Å². The van der Waals surface area contributed by atoms with Crippen LogP contribution in [0.5, 0.6) is 0 Å². The summed E-state index contributed by atoms with van der Waals surface area (Å²) in [5, 5.41) is 10.0. The summed E-state index contributed by atoms with van der Waals surface area (Å²) in [5.74, 6) is 0.933. The molecule has 3 heteroatoms. The van der Waals surface area contributed by atoms with E-state index in [9.17, 15) is 5.11 Å². The summed E-state index contributed by atoms with van der Waals surface area (Å²) < 4.78 is 2.05. The van der Waals surface area contributed by atoms with Gasteiger partial charge >= 0.3 is 0 Å². The van der Waals surface area contributed by atoms with E-state index in [0.29, 0.717) is 11.8 Å². The first-order chi connectivity index (χ1) is 6.20. The topological polar surface area (TPSA) is 38.0 Å². The highest BCUT2D eigenvalue weighted by Crippen LogP contribution is 2.34. The minimum absolute atomic E-state index is 0.323. The van der Waals surface area contributed by atoms with Crippen LogP contribution in [-0.2, 0) is 6.54 Å². The molecular formula is C10H16N2O. The summed E-state index contributed by atoms with van der Waals surface area (Å²) in [7, 11) is 0. The summed E-state index contributed by atoms with van der Waals surface area (Å²) in [5.41, 5.74) is 0.977. The number of aryl methyl sites for hydroxylation is 1. The zero-order chi connectivity index (χ0) is 9.42. The minimum atomic E-state index is -0.323. The molecule has 2 atom stereocenters. The maximum absolute atomic E-state index is 10.0. The molecule has 1 aliphatic heterocycles. The third-order valence-electron chi connectivity index (χ3n) is 3.01. The highest BCUT2D eigenvalue weighted by molar-refractivity contribution is 5.07. The molecule has 0 fully saturated rings. The molecule has 1 aromatic heterocycles. The van der Waals surface area contributed by atoms with Crippen molar-refractivity contribution in [1.29, 1.82) is 0 Å². The zero-order valence-electron chi connectivity index (χ0n) is 8.14. The van der Waals surface area contributed by atoms with Crippen molar-refractivity contribution < 1.29 is 5.11 Å². The lowest BCUT2D eigenvalue weighted by atomic mass is 9.84. The van der Waals surface area contributed by atoms with Crippen molar-refractivity contribution in [2.45, 2.75) is 32.9 Å². The average Bonchev–Trinajstić information content (AvgIpc) is 2.52. The van der Waals surface area contributed by atoms with Crippen LogP contribution in [0, 0.1) is 11.8 Å². The van der Waals surface area contributed by atoms with Crippen LogP contribution in [0.15, 0.2) is 12.5 Å². The SMILES string of the molecule is CC(C)C1CCn2cncc2C1O.